The monoisotopic (exact) mass is 283 g/mol. The molecule has 20 heavy (non-hydrogen) atoms. The Morgan fingerprint density at radius 3 is 2.65 bits per heavy atom. The summed E-state index contributed by atoms with van der Waals surface area (Å²) in [5, 5.41) is 3.20. The summed E-state index contributed by atoms with van der Waals surface area (Å²) in [7, 11) is 0. The van der Waals surface area contributed by atoms with E-state index in [4.69, 9.17) is 9.47 Å². The molecule has 0 aromatic heterocycles. The van der Waals surface area contributed by atoms with Crippen molar-refractivity contribution in [2.24, 2.45) is 0 Å². The predicted octanol–water partition coefficient (Wildman–Crippen LogP) is 3.31. The Bertz CT molecular complexity index is 360. The maximum atomic E-state index is 13.8. The second-order valence-corrected chi connectivity index (χ2v) is 4.65. The average molecular weight is 283 g/mol. The van der Waals surface area contributed by atoms with Crippen molar-refractivity contribution in [1.29, 1.82) is 0 Å². The molecule has 0 heterocycles. The van der Waals surface area contributed by atoms with Crippen LogP contribution in [0.25, 0.3) is 0 Å². The quantitative estimate of drug-likeness (QED) is 0.632. The van der Waals surface area contributed by atoms with Gasteiger partial charge < -0.3 is 14.8 Å². The van der Waals surface area contributed by atoms with Crippen LogP contribution >= 0.6 is 0 Å². The zero-order chi connectivity index (χ0) is 14.6. The van der Waals surface area contributed by atoms with Crippen LogP contribution in [0.3, 0.4) is 0 Å². The van der Waals surface area contributed by atoms with Gasteiger partial charge in [-0.1, -0.05) is 38.5 Å². The fourth-order valence-electron chi connectivity index (χ4n) is 1.87. The second kappa shape index (κ2) is 10.8. The predicted molar refractivity (Wildman–Crippen MR) is 79.4 cm³/mol. The maximum absolute atomic E-state index is 13.8. The molecular formula is C16H26FNO2. The van der Waals surface area contributed by atoms with Crippen molar-refractivity contribution in [3.63, 3.8) is 0 Å². The molecule has 1 aromatic rings. The molecular weight excluding hydrogens is 257 g/mol. The molecule has 0 saturated heterocycles. The Morgan fingerprint density at radius 1 is 1.15 bits per heavy atom. The Morgan fingerprint density at radius 2 is 1.95 bits per heavy atom. The first-order valence-electron chi connectivity index (χ1n) is 7.44. The molecule has 0 saturated carbocycles. The van der Waals surface area contributed by atoms with Crippen molar-refractivity contribution < 1.29 is 13.9 Å². The first kappa shape index (κ1) is 17.1. The maximum Gasteiger partial charge on any atom is 0.129 e. The fraction of sp³-hybridized carbons (Fsp3) is 0.625. The molecule has 114 valence electrons. The van der Waals surface area contributed by atoms with E-state index >= 15 is 0 Å². The Hall–Kier alpha value is -0.970. The smallest absolute Gasteiger partial charge is 0.129 e. The summed E-state index contributed by atoms with van der Waals surface area (Å²) in [6.07, 6.45) is 1.92. The van der Waals surface area contributed by atoms with Crippen LogP contribution in [0.15, 0.2) is 24.3 Å². The van der Waals surface area contributed by atoms with Gasteiger partial charge in [-0.15, -0.1) is 0 Å². The lowest BCUT2D eigenvalue weighted by atomic mass is 10.1. The SMILES string of the molecule is CCCCOCCOC(CNCC)c1ccccc1F. The highest BCUT2D eigenvalue weighted by Crippen LogP contribution is 2.19. The molecule has 1 N–H and O–H groups in total. The molecule has 0 bridgehead atoms. The number of benzene rings is 1. The molecule has 0 amide bonds. The van der Waals surface area contributed by atoms with E-state index in [0.717, 1.165) is 26.0 Å². The van der Waals surface area contributed by atoms with Crippen molar-refractivity contribution in [2.45, 2.75) is 32.8 Å². The summed E-state index contributed by atoms with van der Waals surface area (Å²) in [5.74, 6) is -0.220. The van der Waals surface area contributed by atoms with E-state index in [0.29, 0.717) is 25.3 Å². The lowest BCUT2D eigenvalue weighted by Crippen LogP contribution is -2.25. The van der Waals surface area contributed by atoms with Crippen molar-refractivity contribution in [1.82, 2.24) is 5.32 Å². The molecule has 0 aliphatic rings. The van der Waals surface area contributed by atoms with Gasteiger partial charge in [-0.2, -0.15) is 0 Å². The zero-order valence-corrected chi connectivity index (χ0v) is 12.5. The van der Waals surface area contributed by atoms with Crippen LogP contribution in [-0.4, -0.2) is 32.9 Å². The molecule has 1 atom stereocenters. The largest absolute Gasteiger partial charge is 0.379 e. The summed E-state index contributed by atoms with van der Waals surface area (Å²) >= 11 is 0. The van der Waals surface area contributed by atoms with Gasteiger partial charge in [-0.3, -0.25) is 0 Å². The molecule has 1 unspecified atom stereocenters. The van der Waals surface area contributed by atoms with E-state index in [1.54, 1.807) is 12.1 Å². The number of hydrogen-bond donors (Lipinski definition) is 1. The van der Waals surface area contributed by atoms with Gasteiger partial charge in [0.2, 0.25) is 0 Å². The minimum absolute atomic E-state index is 0.220. The number of nitrogens with one attached hydrogen (secondary N) is 1. The Kier molecular flexibility index (Phi) is 9.20. The van der Waals surface area contributed by atoms with Gasteiger partial charge in [0.25, 0.3) is 0 Å². The van der Waals surface area contributed by atoms with Crippen LogP contribution in [0, 0.1) is 5.82 Å². The highest BCUT2D eigenvalue weighted by molar-refractivity contribution is 5.20. The minimum Gasteiger partial charge on any atom is -0.379 e. The lowest BCUT2D eigenvalue weighted by molar-refractivity contribution is 0.00245. The highest BCUT2D eigenvalue weighted by Gasteiger charge is 2.15. The van der Waals surface area contributed by atoms with Gasteiger partial charge in [-0.05, 0) is 19.0 Å². The van der Waals surface area contributed by atoms with Crippen LogP contribution in [0.2, 0.25) is 0 Å². The number of hydrogen-bond acceptors (Lipinski definition) is 3. The third kappa shape index (κ3) is 6.46. The molecule has 4 heteroatoms. The minimum atomic E-state index is -0.272. The van der Waals surface area contributed by atoms with E-state index < -0.39 is 0 Å². The first-order valence-corrected chi connectivity index (χ1v) is 7.44. The molecule has 1 aromatic carbocycles. The lowest BCUT2D eigenvalue weighted by Gasteiger charge is -2.19. The standard InChI is InChI=1S/C16H26FNO2/c1-3-5-10-19-11-12-20-16(13-18-4-2)14-8-6-7-9-15(14)17/h6-9,16,18H,3-5,10-13H2,1-2H3. The van der Waals surface area contributed by atoms with Crippen LogP contribution in [0.1, 0.15) is 38.4 Å². The number of unbranched alkanes of at least 4 members (excludes halogenated alkanes) is 1. The average Bonchev–Trinajstić information content (AvgIpc) is 2.47. The number of ether oxygens (including phenoxy) is 2. The Labute approximate surface area is 121 Å². The molecule has 0 radical (unpaired) electrons. The number of rotatable bonds is 11. The van der Waals surface area contributed by atoms with E-state index in [1.165, 1.54) is 6.07 Å². The van der Waals surface area contributed by atoms with Crippen LogP contribution in [0.5, 0.6) is 0 Å². The van der Waals surface area contributed by atoms with Crippen molar-refractivity contribution in [3.05, 3.63) is 35.6 Å². The molecule has 0 spiro atoms. The van der Waals surface area contributed by atoms with Gasteiger partial charge in [0.15, 0.2) is 0 Å². The van der Waals surface area contributed by atoms with Gasteiger partial charge in [0.1, 0.15) is 5.82 Å². The highest BCUT2D eigenvalue weighted by atomic mass is 19.1. The van der Waals surface area contributed by atoms with E-state index in [1.807, 2.05) is 13.0 Å². The number of likely N-dealkylation sites (N-methyl/N-ethyl adjacent to an activating group) is 1. The normalized spacial score (nSPS) is 12.6. The van der Waals surface area contributed by atoms with Crippen molar-refractivity contribution >= 4 is 0 Å². The zero-order valence-electron chi connectivity index (χ0n) is 12.5. The third-order valence-electron chi connectivity index (χ3n) is 3.02. The van der Waals surface area contributed by atoms with Crippen LogP contribution in [0.4, 0.5) is 4.39 Å². The van der Waals surface area contributed by atoms with E-state index in [2.05, 4.69) is 12.2 Å². The van der Waals surface area contributed by atoms with E-state index in [-0.39, 0.29) is 11.9 Å². The van der Waals surface area contributed by atoms with Crippen molar-refractivity contribution in [2.75, 3.05) is 32.9 Å². The van der Waals surface area contributed by atoms with E-state index in [9.17, 15) is 4.39 Å². The molecule has 0 fully saturated rings. The van der Waals surface area contributed by atoms with Crippen LogP contribution < -0.4 is 5.32 Å². The number of halogens is 1. The Balaban J connectivity index is 2.42. The fourth-order valence-corrected chi connectivity index (χ4v) is 1.87. The summed E-state index contributed by atoms with van der Waals surface area (Å²) in [6, 6.07) is 6.76. The summed E-state index contributed by atoms with van der Waals surface area (Å²) in [5.41, 5.74) is 0.599. The third-order valence-corrected chi connectivity index (χ3v) is 3.02. The van der Waals surface area contributed by atoms with Gasteiger partial charge in [-0.25, -0.2) is 4.39 Å². The molecule has 1 rings (SSSR count). The van der Waals surface area contributed by atoms with Gasteiger partial charge in [0.05, 0.1) is 19.3 Å². The summed E-state index contributed by atoms with van der Waals surface area (Å²) < 4.78 is 25.0. The van der Waals surface area contributed by atoms with Crippen molar-refractivity contribution in [3.8, 4) is 0 Å². The first-order chi connectivity index (χ1) is 9.79. The molecule has 0 aliphatic heterocycles. The van der Waals surface area contributed by atoms with Gasteiger partial charge >= 0.3 is 0 Å². The second-order valence-electron chi connectivity index (χ2n) is 4.65. The molecule has 3 nitrogen and oxygen atoms in total. The molecule has 0 aliphatic carbocycles. The van der Waals surface area contributed by atoms with Crippen LogP contribution in [-0.2, 0) is 9.47 Å². The topological polar surface area (TPSA) is 30.5 Å². The van der Waals surface area contributed by atoms with Gasteiger partial charge in [0, 0.05) is 18.7 Å². The summed E-state index contributed by atoms with van der Waals surface area (Å²) in [4.78, 5) is 0. The summed E-state index contributed by atoms with van der Waals surface area (Å²) in [6.45, 7) is 7.38.